The summed E-state index contributed by atoms with van der Waals surface area (Å²) in [5.74, 6) is 0. The lowest BCUT2D eigenvalue weighted by Gasteiger charge is -2.14. The van der Waals surface area contributed by atoms with Gasteiger partial charge in [-0.05, 0) is 69.0 Å². The number of aromatic amines is 1. The van der Waals surface area contributed by atoms with E-state index in [-0.39, 0.29) is 0 Å². The molecule has 0 spiro atoms. The molecule has 0 amide bonds. The first-order valence-corrected chi connectivity index (χ1v) is 7.68. The van der Waals surface area contributed by atoms with Gasteiger partial charge in [-0.2, -0.15) is 0 Å². The van der Waals surface area contributed by atoms with Crippen LogP contribution in [0.25, 0.3) is 5.57 Å². The van der Waals surface area contributed by atoms with Gasteiger partial charge in [0.05, 0.1) is 11.4 Å². The van der Waals surface area contributed by atoms with Crippen LogP contribution in [0.5, 0.6) is 0 Å². The van der Waals surface area contributed by atoms with Crippen LogP contribution >= 0.6 is 0 Å². The van der Waals surface area contributed by atoms with E-state index in [9.17, 15) is 0 Å². The highest BCUT2D eigenvalue weighted by Gasteiger charge is 2.20. The van der Waals surface area contributed by atoms with Crippen molar-refractivity contribution in [3.63, 3.8) is 0 Å². The summed E-state index contributed by atoms with van der Waals surface area (Å²) in [4.78, 5) is 8.33. The van der Waals surface area contributed by atoms with Crippen molar-refractivity contribution in [2.75, 3.05) is 0 Å². The Labute approximate surface area is 132 Å². The second-order valence-corrected chi connectivity index (χ2v) is 6.13. The molecule has 1 aromatic carbocycles. The molecule has 3 rings (SSSR count). The maximum Gasteiger partial charge on any atom is 0.0762 e. The summed E-state index contributed by atoms with van der Waals surface area (Å²) in [5.41, 5.74) is 10.7. The molecular formula is C20H22N2. The predicted molar refractivity (Wildman–Crippen MR) is 94.3 cm³/mol. The normalized spacial score (nSPS) is 16.6. The maximum absolute atomic E-state index is 4.80. The number of hydrogen-bond acceptors (Lipinski definition) is 1. The Morgan fingerprint density at radius 1 is 0.955 bits per heavy atom. The highest BCUT2D eigenvalue weighted by molar-refractivity contribution is 6.01. The van der Waals surface area contributed by atoms with E-state index in [0.29, 0.717) is 0 Å². The van der Waals surface area contributed by atoms with Gasteiger partial charge in [-0.3, -0.25) is 4.99 Å². The minimum Gasteiger partial charge on any atom is -0.358 e. The van der Waals surface area contributed by atoms with Crippen LogP contribution in [0, 0.1) is 20.8 Å². The van der Waals surface area contributed by atoms with Gasteiger partial charge in [0.2, 0.25) is 0 Å². The Morgan fingerprint density at radius 2 is 1.68 bits per heavy atom. The van der Waals surface area contributed by atoms with E-state index < -0.39 is 0 Å². The van der Waals surface area contributed by atoms with E-state index in [1.165, 1.54) is 39.2 Å². The zero-order valence-electron chi connectivity index (χ0n) is 13.9. The molecule has 2 heteroatoms. The van der Waals surface area contributed by atoms with Crippen LogP contribution < -0.4 is 0 Å². The topological polar surface area (TPSA) is 28.1 Å². The summed E-state index contributed by atoms with van der Waals surface area (Å²) in [6.07, 6.45) is 2.15. The molecule has 1 aromatic heterocycles. The second-order valence-electron chi connectivity index (χ2n) is 6.13. The zero-order chi connectivity index (χ0) is 15.9. The van der Waals surface area contributed by atoms with Crippen LogP contribution in [-0.2, 0) is 0 Å². The second kappa shape index (κ2) is 5.45. The molecule has 2 heterocycles. The Hall–Kier alpha value is -2.35. The number of aliphatic imine (C=N–C) groups is 1. The number of aryl methyl sites for hydroxylation is 3. The van der Waals surface area contributed by atoms with Crippen molar-refractivity contribution in [2.24, 2.45) is 4.99 Å². The van der Waals surface area contributed by atoms with Gasteiger partial charge < -0.3 is 4.98 Å². The molecule has 0 unspecified atom stereocenters. The minimum atomic E-state index is 1.07. The van der Waals surface area contributed by atoms with Crippen LogP contribution in [0.1, 0.15) is 41.9 Å². The number of aromatic nitrogens is 1. The van der Waals surface area contributed by atoms with E-state index in [1.54, 1.807) is 0 Å². The van der Waals surface area contributed by atoms with E-state index in [0.717, 1.165) is 11.4 Å². The van der Waals surface area contributed by atoms with Crippen molar-refractivity contribution in [3.05, 3.63) is 75.8 Å². The molecule has 2 aromatic rings. The molecule has 0 saturated heterocycles. The lowest BCUT2D eigenvalue weighted by molar-refractivity contribution is 1.20. The molecule has 22 heavy (non-hydrogen) atoms. The molecule has 2 nitrogen and oxygen atoms in total. The van der Waals surface area contributed by atoms with Crippen molar-refractivity contribution in [1.82, 2.24) is 4.98 Å². The molecule has 0 atom stereocenters. The minimum absolute atomic E-state index is 1.07. The Balaban J connectivity index is 2.35. The van der Waals surface area contributed by atoms with Gasteiger partial charge in [0, 0.05) is 17.0 Å². The fraction of sp³-hybridized carbons (Fsp3) is 0.250. The molecule has 1 N–H and O–H groups in total. The molecule has 1 aliphatic heterocycles. The largest absolute Gasteiger partial charge is 0.358 e. The van der Waals surface area contributed by atoms with Crippen LogP contribution in [0.15, 0.2) is 52.7 Å². The van der Waals surface area contributed by atoms with Crippen molar-refractivity contribution in [3.8, 4) is 0 Å². The quantitative estimate of drug-likeness (QED) is 0.795. The van der Waals surface area contributed by atoms with Gasteiger partial charge in [0.25, 0.3) is 0 Å². The predicted octanol–water partition coefficient (Wildman–Crippen LogP) is 5.12. The zero-order valence-corrected chi connectivity index (χ0v) is 13.9. The average Bonchev–Trinajstić information content (AvgIpc) is 2.95. The Kier molecular flexibility index (Phi) is 3.61. The Bertz CT molecular complexity index is 829. The molecule has 112 valence electrons. The molecule has 0 bridgehead atoms. The molecule has 0 radical (unpaired) electrons. The standard InChI is InChI=1S/C20H22N2/c1-12-8-6-7-9-17(12)18(19-13(2)10-15(4)21-19)20-14(3)11-16(5)22-20/h6-11,21H,1-5H3/b20-18-. The fourth-order valence-corrected chi connectivity index (χ4v) is 3.15. The highest BCUT2D eigenvalue weighted by atomic mass is 14.8. The lowest BCUT2D eigenvalue weighted by Crippen LogP contribution is -1.98. The van der Waals surface area contributed by atoms with Crippen LogP contribution in [0.2, 0.25) is 0 Å². The van der Waals surface area contributed by atoms with Crippen molar-refractivity contribution < 1.29 is 0 Å². The number of benzene rings is 1. The first-order chi connectivity index (χ1) is 10.5. The number of rotatable bonds is 2. The van der Waals surface area contributed by atoms with E-state index in [2.05, 4.69) is 76.0 Å². The highest BCUT2D eigenvalue weighted by Crippen LogP contribution is 2.36. The Morgan fingerprint density at radius 3 is 2.23 bits per heavy atom. The lowest BCUT2D eigenvalue weighted by atomic mass is 9.93. The monoisotopic (exact) mass is 290 g/mol. The van der Waals surface area contributed by atoms with E-state index >= 15 is 0 Å². The number of nitrogens with zero attached hydrogens (tertiary/aromatic N) is 1. The molecular weight excluding hydrogens is 268 g/mol. The van der Waals surface area contributed by atoms with Gasteiger partial charge in [-0.25, -0.2) is 0 Å². The summed E-state index contributed by atoms with van der Waals surface area (Å²) >= 11 is 0. The number of allylic oxidation sites excluding steroid dienone is 2. The van der Waals surface area contributed by atoms with Crippen LogP contribution in [0.4, 0.5) is 0 Å². The number of hydrogen-bond donors (Lipinski definition) is 1. The smallest absolute Gasteiger partial charge is 0.0762 e. The maximum atomic E-state index is 4.80. The third-order valence-corrected chi connectivity index (χ3v) is 4.14. The van der Waals surface area contributed by atoms with Gasteiger partial charge in [0.15, 0.2) is 0 Å². The first-order valence-electron chi connectivity index (χ1n) is 7.68. The summed E-state index contributed by atoms with van der Waals surface area (Å²) in [6.45, 7) is 10.6. The molecule has 0 aliphatic carbocycles. The number of nitrogens with one attached hydrogen (secondary N) is 1. The molecule has 0 saturated carbocycles. The van der Waals surface area contributed by atoms with Crippen LogP contribution in [-0.4, -0.2) is 10.7 Å². The van der Waals surface area contributed by atoms with E-state index in [1.807, 2.05) is 0 Å². The van der Waals surface area contributed by atoms with Crippen molar-refractivity contribution in [1.29, 1.82) is 0 Å². The summed E-state index contributed by atoms with van der Waals surface area (Å²) in [5, 5.41) is 0. The molecule has 0 fully saturated rings. The third-order valence-electron chi connectivity index (χ3n) is 4.14. The van der Waals surface area contributed by atoms with Gasteiger partial charge >= 0.3 is 0 Å². The summed E-state index contributed by atoms with van der Waals surface area (Å²) < 4.78 is 0. The SMILES string of the molecule is CC1=CC(C)=N/C1=C(/c1ccccc1C)c1[nH]c(C)cc1C. The fourth-order valence-electron chi connectivity index (χ4n) is 3.15. The molecule has 1 aliphatic rings. The van der Waals surface area contributed by atoms with Gasteiger partial charge in [-0.1, -0.05) is 24.3 Å². The average molecular weight is 290 g/mol. The first kappa shape index (κ1) is 14.6. The third kappa shape index (κ3) is 2.45. The van der Waals surface area contributed by atoms with Gasteiger partial charge in [0.1, 0.15) is 0 Å². The summed E-state index contributed by atoms with van der Waals surface area (Å²) in [6, 6.07) is 10.7. The number of H-pyrrole nitrogens is 1. The van der Waals surface area contributed by atoms with Crippen LogP contribution in [0.3, 0.4) is 0 Å². The van der Waals surface area contributed by atoms with Crippen molar-refractivity contribution >= 4 is 11.3 Å². The van der Waals surface area contributed by atoms with Crippen molar-refractivity contribution in [2.45, 2.75) is 34.6 Å². The summed E-state index contributed by atoms with van der Waals surface area (Å²) in [7, 11) is 0. The van der Waals surface area contributed by atoms with Gasteiger partial charge in [-0.15, -0.1) is 0 Å². The van der Waals surface area contributed by atoms with E-state index in [4.69, 9.17) is 4.99 Å².